The fraction of sp³-hybridized carbons (Fsp3) is 0.643. The number of anilines is 2. The van der Waals surface area contributed by atoms with Gasteiger partial charge in [-0.25, -0.2) is 4.98 Å². The molecule has 1 aliphatic carbocycles. The third-order valence-corrected chi connectivity index (χ3v) is 3.44. The largest absolute Gasteiger partial charge is 0.370 e. The topological polar surface area (TPSA) is 37.0 Å². The summed E-state index contributed by atoms with van der Waals surface area (Å²) >= 11 is 0. The van der Waals surface area contributed by atoms with Gasteiger partial charge in [-0.1, -0.05) is 25.8 Å². The summed E-state index contributed by atoms with van der Waals surface area (Å²) in [5.41, 5.74) is 0.246. The van der Waals surface area contributed by atoms with Crippen LogP contribution >= 0.6 is 0 Å². The molecule has 94 valence electrons. The van der Waals surface area contributed by atoms with Gasteiger partial charge < -0.3 is 10.6 Å². The van der Waals surface area contributed by atoms with Crippen molar-refractivity contribution in [1.82, 2.24) is 4.98 Å². The number of pyridine rings is 1. The number of hydrogen-bond donors (Lipinski definition) is 2. The molecule has 2 rings (SSSR count). The Morgan fingerprint density at radius 1 is 1.24 bits per heavy atom. The van der Waals surface area contributed by atoms with Gasteiger partial charge in [-0.2, -0.15) is 0 Å². The average Bonchev–Trinajstić information content (AvgIpc) is 2.73. The maximum Gasteiger partial charge on any atom is 0.128 e. The predicted octanol–water partition coefficient (Wildman–Crippen LogP) is 3.65. The van der Waals surface area contributed by atoms with Gasteiger partial charge in [0.05, 0.1) is 0 Å². The molecule has 0 saturated heterocycles. The lowest BCUT2D eigenvalue weighted by molar-refractivity contribution is 0.531. The number of aromatic nitrogens is 1. The van der Waals surface area contributed by atoms with Gasteiger partial charge in [-0.3, -0.25) is 0 Å². The Hall–Kier alpha value is -1.25. The van der Waals surface area contributed by atoms with Crippen LogP contribution in [-0.2, 0) is 0 Å². The van der Waals surface area contributed by atoms with Crippen LogP contribution in [0, 0.1) is 0 Å². The van der Waals surface area contributed by atoms with Crippen LogP contribution in [0.3, 0.4) is 0 Å². The van der Waals surface area contributed by atoms with E-state index in [1.54, 1.807) is 0 Å². The molecule has 17 heavy (non-hydrogen) atoms. The molecule has 3 heteroatoms. The molecule has 1 aliphatic rings. The van der Waals surface area contributed by atoms with Gasteiger partial charge >= 0.3 is 0 Å². The van der Waals surface area contributed by atoms with Crippen molar-refractivity contribution in [3.63, 3.8) is 0 Å². The molecule has 0 aromatic carbocycles. The molecule has 1 fully saturated rings. The third kappa shape index (κ3) is 3.35. The van der Waals surface area contributed by atoms with Crippen molar-refractivity contribution in [3.8, 4) is 0 Å². The Morgan fingerprint density at radius 2 is 1.94 bits per heavy atom. The molecule has 1 saturated carbocycles. The molecular weight excluding hydrogens is 210 g/mol. The van der Waals surface area contributed by atoms with Gasteiger partial charge in [-0.05, 0) is 38.3 Å². The van der Waals surface area contributed by atoms with E-state index < -0.39 is 0 Å². The van der Waals surface area contributed by atoms with Crippen molar-refractivity contribution in [2.45, 2.75) is 51.5 Å². The second kappa shape index (κ2) is 5.39. The summed E-state index contributed by atoms with van der Waals surface area (Å²) < 4.78 is 0. The average molecular weight is 233 g/mol. The van der Waals surface area contributed by atoms with Gasteiger partial charge in [0.25, 0.3) is 0 Å². The SMILES string of the molecule is CCCNc1cccc(NC2(C)CCCC2)n1. The van der Waals surface area contributed by atoms with E-state index in [2.05, 4.69) is 41.6 Å². The first-order valence-electron chi connectivity index (χ1n) is 6.71. The zero-order valence-electron chi connectivity index (χ0n) is 10.9. The van der Waals surface area contributed by atoms with E-state index in [0.717, 1.165) is 24.6 Å². The summed E-state index contributed by atoms with van der Waals surface area (Å²) in [4.78, 5) is 4.60. The smallest absolute Gasteiger partial charge is 0.128 e. The lowest BCUT2D eigenvalue weighted by Crippen LogP contribution is -2.31. The first-order chi connectivity index (χ1) is 8.22. The first-order valence-corrected chi connectivity index (χ1v) is 6.71. The Morgan fingerprint density at radius 3 is 2.65 bits per heavy atom. The molecule has 0 aliphatic heterocycles. The molecule has 0 amide bonds. The van der Waals surface area contributed by atoms with Crippen molar-refractivity contribution in [2.24, 2.45) is 0 Å². The van der Waals surface area contributed by atoms with Gasteiger partial charge in [0.2, 0.25) is 0 Å². The monoisotopic (exact) mass is 233 g/mol. The molecule has 1 aromatic rings. The highest BCUT2D eigenvalue weighted by Crippen LogP contribution is 2.32. The van der Waals surface area contributed by atoms with Crippen molar-refractivity contribution in [3.05, 3.63) is 18.2 Å². The second-order valence-corrected chi connectivity index (χ2v) is 5.23. The zero-order chi connectivity index (χ0) is 12.1. The van der Waals surface area contributed by atoms with Crippen LogP contribution in [-0.4, -0.2) is 17.1 Å². The Bertz CT molecular complexity index is 356. The fourth-order valence-corrected chi connectivity index (χ4v) is 2.45. The standard InChI is InChI=1S/C14H23N3/c1-3-11-15-12-7-6-8-13(16-12)17-14(2)9-4-5-10-14/h6-8H,3-5,9-11H2,1-2H3,(H2,15,16,17). The summed E-state index contributed by atoms with van der Waals surface area (Å²) in [5, 5.41) is 6.90. The highest BCUT2D eigenvalue weighted by molar-refractivity contribution is 5.46. The van der Waals surface area contributed by atoms with E-state index in [4.69, 9.17) is 0 Å². The maximum atomic E-state index is 4.60. The molecule has 0 bridgehead atoms. The number of hydrogen-bond acceptors (Lipinski definition) is 3. The summed E-state index contributed by atoms with van der Waals surface area (Å²) in [6.45, 7) is 5.44. The molecule has 0 radical (unpaired) electrons. The van der Waals surface area contributed by atoms with Crippen LogP contribution in [0.15, 0.2) is 18.2 Å². The molecule has 2 N–H and O–H groups in total. The highest BCUT2D eigenvalue weighted by atomic mass is 15.1. The first kappa shape index (κ1) is 12.2. The van der Waals surface area contributed by atoms with Crippen molar-refractivity contribution in [2.75, 3.05) is 17.2 Å². The normalized spacial score (nSPS) is 18.0. The lowest BCUT2D eigenvalue weighted by atomic mass is 10.0. The molecule has 0 unspecified atom stereocenters. The van der Waals surface area contributed by atoms with Crippen LogP contribution in [0.4, 0.5) is 11.6 Å². The highest BCUT2D eigenvalue weighted by Gasteiger charge is 2.28. The lowest BCUT2D eigenvalue weighted by Gasteiger charge is -2.26. The Labute approximate surface area is 104 Å². The second-order valence-electron chi connectivity index (χ2n) is 5.23. The molecule has 1 aromatic heterocycles. The molecule has 0 atom stereocenters. The number of nitrogens with one attached hydrogen (secondary N) is 2. The third-order valence-electron chi connectivity index (χ3n) is 3.44. The van der Waals surface area contributed by atoms with Gasteiger partial charge in [0, 0.05) is 12.1 Å². The number of nitrogens with zero attached hydrogens (tertiary/aromatic N) is 1. The maximum absolute atomic E-state index is 4.60. The van der Waals surface area contributed by atoms with Crippen LogP contribution < -0.4 is 10.6 Å². The van der Waals surface area contributed by atoms with Crippen LogP contribution in [0.1, 0.15) is 46.0 Å². The van der Waals surface area contributed by atoms with E-state index in [1.165, 1.54) is 25.7 Å². The minimum atomic E-state index is 0.246. The van der Waals surface area contributed by atoms with Gasteiger partial charge in [0.1, 0.15) is 11.6 Å². The van der Waals surface area contributed by atoms with Crippen molar-refractivity contribution in [1.29, 1.82) is 0 Å². The van der Waals surface area contributed by atoms with Crippen LogP contribution in [0.2, 0.25) is 0 Å². The minimum absolute atomic E-state index is 0.246. The summed E-state index contributed by atoms with van der Waals surface area (Å²) in [6, 6.07) is 6.14. The van der Waals surface area contributed by atoms with Gasteiger partial charge in [-0.15, -0.1) is 0 Å². The van der Waals surface area contributed by atoms with E-state index in [-0.39, 0.29) is 5.54 Å². The molecular formula is C14H23N3. The van der Waals surface area contributed by atoms with Gasteiger partial charge in [0.15, 0.2) is 0 Å². The zero-order valence-corrected chi connectivity index (χ0v) is 10.9. The van der Waals surface area contributed by atoms with E-state index in [9.17, 15) is 0 Å². The molecule has 1 heterocycles. The predicted molar refractivity (Wildman–Crippen MR) is 73.5 cm³/mol. The van der Waals surface area contributed by atoms with Crippen molar-refractivity contribution >= 4 is 11.6 Å². The fourth-order valence-electron chi connectivity index (χ4n) is 2.45. The van der Waals surface area contributed by atoms with Crippen LogP contribution in [0.25, 0.3) is 0 Å². The number of rotatable bonds is 5. The molecule has 0 spiro atoms. The van der Waals surface area contributed by atoms with E-state index in [0.29, 0.717) is 0 Å². The Balaban J connectivity index is 2.00. The van der Waals surface area contributed by atoms with Crippen LogP contribution in [0.5, 0.6) is 0 Å². The minimum Gasteiger partial charge on any atom is -0.370 e. The van der Waals surface area contributed by atoms with Crippen molar-refractivity contribution < 1.29 is 0 Å². The summed E-state index contributed by atoms with van der Waals surface area (Å²) in [6.07, 6.45) is 6.29. The van der Waals surface area contributed by atoms with E-state index in [1.807, 2.05) is 6.07 Å². The molecule has 3 nitrogen and oxygen atoms in total. The van der Waals surface area contributed by atoms with E-state index >= 15 is 0 Å². The summed E-state index contributed by atoms with van der Waals surface area (Å²) in [7, 11) is 0. The quantitative estimate of drug-likeness (QED) is 0.815. The Kier molecular flexibility index (Phi) is 3.87. The summed E-state index contributed by atoms with van der Waals surface area (Å²) in [5.74, 6) is 1.97.